The number of nitrogens with zero attached hydrogens (tertiary/aromatic N) is 3. The van der Waals surface area contributed by atoms with Crippen molar-refractivity contribution in [1.29, 1.82) is 0 Å². The zero-order chi connectivity index (χ0) is 40.0. The van der Waals surface area contributed by atoms with Gasteiger partial charge in [0.25, 0.3) is 0 Å². The molecule has 0 aliphatic heterocycles. The van der Waals surface area contributed by atoms with E-state index in [1.54, 1.807) is 0 Å². The smallest absolute Gasteiger partial charge is 0.154 e. The molecule has 0 fully saturated rings. The zero-order valence-electron chi connectivity index (χ0n) is 32.6. The molecular formula is C54H41N3OS. The molecule has 284 valence electrons. The summed E-state index contributed by atoms with van der Waals surface area (Å²) in [7, 11) is 0. The molecule has 0 saturated carbocycles. The first-order chi connectivity index (χ1) is 29.1. The van der Waals surface area contributed by atoms with E-state index in [1.165, 1.54) is 70.1 Å². The molecule has 2 heterocycles. The highest BCUT2D eigenvalue weighted by Gasteiger charge is 2.18. The van der Waals surface area contributed by atoms with Gasteiger partial charge in [0.15, 0.2) is 5.84 Å². The van der Waals surface area contributed by atoms with Crippen LogP contribution in [-0.2, 0) is 19.5 Å². The summed E-state index contributed by atoms with van der Waals surface area (Å²) in [5.74, 6) is 1.69. The van der Waals surface area contributed by atoms with Crippen LogP contribution in [-0.4, -0.2) is 19.3 Å². The SMILES string of the molecule is C=NC(=NCc1ccc2sc3ccccc3c2c1)c1ccccc1.C=NCc1ccc(-c2cccc3oc4c(c23)C=C(c2ccc(-c3ccccc3)cc2)C=CC4)cc1. The number of hydrogen-bond donors (Lipinski definition) is 0. The number of aliphatic imine (C=N–C) groups is 3. The first-order valence-electron chi connectivity index (χ1n) is 19.7. The Morgan fingerprint density at radius 3 is 2.05 bits per heavy atom. The Morgan fingerprint density at radius 1 is 0.593 bits per heavy atom. The van der Waals surface area contributed by atoms with E-state index in [0.717, 1.165) is 28.9 Å². The van der Waals surface area contributed by atoms with E-state index in [1.807, 2.05) is 47.7 Å². The van der Waals surface area contributed by atoms with Crippen LogP contribution in [0.4, 0.5) is 0 Å². The average molecular weight is 780 g/mol. The molecule has 59 heavy (non-hydrogen) atoms. The van der Waals surface area contributed by atoms with Crippen LogP contribution in [0.5, 0.6) is 0 Å². The van der Waals surface area contributed by atoms with Gasteiger partial charge in [-0.15, -0.1) is 11.3 Å². The minimum absolute atomic E-state index is 0.601. The van der Waals surface area contributed by atoms with Gasteiger partial charge in [0.2, 0.25) is 0 Å². The summed E-state index contributed by atoms with van der Waals surface area (Å²) in [6, 6.07) is 59.3. The topological polar surface area (TPSA) is 50.2 Å². The summed E-state index contributed by atoms with van der Waals surface area (Å²) in [6.45, 7) is 8.49. The Morgan fingerprint density at radius 2 is 1.27 bits per heavy atom. The largest absolute Gasteiger partial charge is 0.460 e. The van der Waals surface area contributed by atoms with E-state index in [2.05, 4.69) is 180 Å². The van der Waals surface area contributed by atoms with Gasteiger partial charge in [-0.3, -0.25) is 9.98 Å². The van der Waals surface area contributed by atoms with Gasteiger partial charge in [0.05, 0.1) is 13.1 Å². The molecule has 1 aliphatic rings. The Kier molecular flexibility index (Phi) is 10.8. The van der Waals surface area contributed by atoms with Gasteiger partial charge in [-0.1, -0.05) is 158 Å². The van der Waals surface area contributed by atoms with Gasteiger partial charge in [-0.25, -0.2) is 4.99 Å². The molecule has 0 unspecified atom stereocenters. The molecule has 0 atom stereocenters. The van der Waals surface area contributed by atoms with Crippen LogP contribution in [0.3, 0.4) is 0 Å². The van der Waals surface area contributed by atoms with Crippen molar-refractivity contribution >= 4 is 73.4 Å². The quantitative estimate of drug-likeness (QED) is 0.112. The van der Waals surface area contributed by atoms with Crippen molar-refractivity contribution in [2.24, 2.45) is 15.0 Å². The maximum absolute atomic E-state index is 6.34. The zero-order valence-corrected chi connectivity index (χ0v) is 33.4. The monoisotopic (exact) mass is 779 g/mol. The number of rotatable bonds is 8. The van der Waals surface area contributed by atoms with Crippen LogP contribution in [0.2, 0.25) is 0 Å². The van der Waals surface area contributed by atoms with Crippen LogP contribution >= 0.6 is 11.3 Å². The first kappa shape index (κ1) is 37.4. The predicted molar refractivity (Wildman–Crippen MR) is 253 cm³/mol. The highest BCUT2D eigenvalue weighted by Crippen LogP contribution is 2.39. The van der Waals surface area contributed by atoms with Crippen molar-refractivity contribution < 1.29 is 4.42 Å². The number of benzene rings is 7. The summed E-state index contributed by atoms with van der Waals surface area (Å²) >= 11 is 1.83. The molecule has 0 N–H and O–H groups in total. The Bertz CT molecular complexity index is 3020. The highest BCUT2D eigenvalue weighted by atomic mass is 32.1. The van der Waals surface area contributed by atoms with Crippen molar-refractivity contribution in [2.45, 2.75) is 19.5 Å². The van der Waals surface area contributed by atoms with E-state index in [0.29, 0.717) is 18.9 Å². The van der Waals surface area contributed by atoms with Crippen molar-refractivity contribution in [2.75, 3.05) is 0 Å². The van der Waals surface area contributed by atoms with E-state index >= 15 is 0 Å². The molecule has 0 bridgehead atoms. The normalized spacial score (nSPS) is 12.4. The number of thiophene rings is 1. The maximum Gasteiger partial charge on any atom is 0.154 e. The number of allylic oxidation sites excluding steroid dienone is 3. The molecule has 0 saturated heterocycles. The molecule has 9 aromatic rings. The second-order valence-corrected chi connectivity index (χ2v) is 15.5. The third kappa shape index (κ3) is 8.02. The van der Waals surface area contributed by atoms with Crippen LogP contribution in [0.1, 0.15) is 33.6 Å². The summed E-state index contributed by atoms with van der Waals surface area (Å²) in [6.07, 6.45) is 7.46. The fourth-order valence-corrected chi connectivity index (χ4v) is 8.79. The number of amidine groups is 1. The lowest BCUT2D eigenvalue weighted by molar-refractivity contribution is 0.564. The Balaban J connectivity index is 0.000000163. The number of furan rings is 1. The van der Waals surface area contributed by atoms with Crippen LogP contribution in [0.15, 0.2) is 201 Å². The predicted octanol–water partition coefficient (Wildman–Crippen LogP) is 14.3. The maximum atomic E-state index is 6.34. The summed E-state index contributed by atoms with van der Waals surface area (Å²) in [4.78, 5) is 12.7. The summed E-state index contributed by atoms with van der Waals surface area (Å²) < 4.78 is 8.98. The van der Waals surface area contributed by atoms with Crippen molar-refractivity contribution in [3.8, 4) is 22.3 Å². The fraction of sp³-hybridized carbons (Fsp3) is 0.0556. The van der Waals surface area contributed by atoms with Crippen molar-refractivity contribution in [3.05, 3.63) is 216 Å². The molecule has 2 aromatic heterocycles. The molecule has 4 nitrogen and oxygen atoms in total. The third-order valence-corrected chi connectivity index (χ3v) is 11.8. The lowest BCUT2D eigenvalue weighted by Gasteiger charge is -2.08. The number of fused-ring (bicyclic) bond motifs is 6. The minimum Gasteiger partial charge on any atom is -0.460 e. The Hall–Kier alpha value is -7.21. The van der Waals surface area contributed by atoms with Crippen LogP contribution in [0, 0.1) is 0 Å². The van der Waals surface area contributed by atoms with E-state index < -0.39 is 0 Å². The molecule has 0 amide bonds. The lowest BCUT2D eigenvalue weighted by Crippen LogP contribution is -1.97. The summed E-state index contributed by atoms with van der Waals surface area (Å²) in [5.41, 5.74) is 12.6. The van der Waals surface area contributed by atoms with Crippen molar-refractivity contribution in [3.63, 3.8) is 0 Å². The fourth-order valence-electron chi connectivity index (χ4n) is 7.70. The van der Waals surface area contributed by atoms with Gasteiger partial charge >= 0.3 is 0 Å². The van der Waals surface area contributed by atoms with Crippen LogP contribution in [0.25, 0.3) is 65.0 Å². The standard InChI is InChI=1S/C33H25NO.C21H16N2S/c1-34-22-23-13-15-27(16-14-23)29-10-6-12-32-33(29)30-21-28(9-5-11-31(30)35-32)26-19-17-25(18-20-26)24-7-3-2-4-8-24;1-22-21(16-7-3-2-4-8-16)23-14-15-11-12-20-18(13-15)17-9-5-6-10-19(17)24-20/h2-10,12-21H,1,11,22H2;2-13H,1,14H2. The summed E-state index contributed by atoms with van der Waals surface area (Å²) in [5, 5.41) is 3.78. The molecular weight excluding hydrogens is 739 g/mol. The van der Waals surface area contributed by atoms with Gasteiger partial charge in [0.1, 0.15) is 11.3 Å². The van der Waals surface area contributed by atoms with E-state index in [4.69, 9.17) is 4.42 Å². The third-order valence-electron chi connectivity index (χ3n) is 10.6. The van der Waals surface area contributed by atoms with Gasteiger partial charge < -0.3 is 4.42 Å². The van der Waals surface area contributed by atoms with Crippen LogP contribution < -0.4 is 0 Å². The Labute approximate surface area is 348 Å². The molecule has 0 spiro atoms. The van der Waals surface area contributed by atoms with Gasteiger partial charge in [0, 0.05) is 43.1 Å². The molecule has 5 heteroatoms. The highest BCUT2D eigenvalue weighted by molar-refractivity contribution is 7.25. The molecule has 10 rings (SSSR count). The van der Waals surface area contributed by atoms with Gasteiger partial charge in [-0.05, 0) is 88.3 Å². The lowest BCUT2D eigenvalue weighted by atomic mass is 9.95. The molecule has 7 aromatic carbocycles. The van der Waals surface area contributed by atoms with Crippen molar-refractivity contribution in [1.82, 2.24) is 0 Å². The molecule has 1 aliphatic carbocycles. The average Bonchev–Trinajstić information content (AvgIpc) is 3.77. The molecule has 0 radical (unpaired) electrons. The number of hydrogen-bond acceptors (Lipinski definition) is 4. The first-order valence-corrected chi connectivity index (χ1v) is 20.5. The second kappa shape index (κ2) is 17.1. The van der Waals surface area contributed by atoms with Gasteiger partial charge in [-0.2, -0.15) is 0 Å². The second-order valence-electron chi connectivity index (χ2n) is 14.4. The minimum atomic E-state index is 0.601. The van der Waals surface area contributed by atoms with E-state index in [9.17, 15) is 0 Å². The van der Waals surface area contributed by atoms with E-state index in [-0.39, 0.29) is 0 Å².